The molecule has 0 bridgehead atoms. The largest absolute Gasteiger partial charge is 0.316 e. The van der Waals surface area contributed by atoms with Gasteiger partial charge in [-0.05, 0) is 20.4 Å². The highest BCUT2D eigenvalue weighted by Crippen LogP contribution is 2.07. The third kappa shape index (κ3) is 3.26. The highest BCUT2D eigenvalue weighted by atomic mass is 15.3. The number of nitrogens with two attached hydrogens (primary N) is 1. The summed E-state index contributed by atoms with van der Waals surface area (Å²) in [7, 11) is 2.16. The van der Waals surface area contributed by atoms with Crippen LogP contribution >= 0.6 is 0 Å². The lowest BCUT2D eigenvalue weighted by Crippen LogP contribution is -2.50. The van der Waals surface area contributed by atoms with E-state index in [1.54, 1.807) is 0 Å². The summed E-state index contributed by atoms with van der Waals surface area (Å²) >= 11 is 0. The second-order valence-corrected chi connectivity index (χ2v) is 4.15. The van der Waals surface area contributed by atoms with Gasteiger partial charge in [0.05, 0.1) is 12.1 Å². The SMILES string of the molecule is CC1CN(CCC(N)C#N)CCN1C. The Bertz CT molecular complexity index is 211. The van der Waals surface area contributed by atoms with Crippen LogP contribution in [0.4, 0.5) is 0 Å². The van der Waals surface area contributed by atoms with E-state index in [4.69, 9.17) is 11.0 Å². The van der Waals surface area contributed by atoms with Crippen molar-refractivity contribution in [3.8, 4) is 6.07 Å². The van der Waals surface area contributed by atoms with Gasteiger partial charge in [0.1, 0.15) is 0 Å². The lowest BCUT2D eigenvalue weighted by atomic mass is 10.1. The molecule has 2 unspecified atom stereocenters. The first-order valence-electron chi connectivity index (χ1n) is 5.21. The summed E-state index contributed by atoms with van der Waals surface area (Å²) < 4.78 is 0. The molecule has 1 fully saturated rings. The van der Waals surface area contributed by atoms with Gasteiger partial charge >= 0.3 is 0 Å². The number of nitriles is 1. The first-order chi connectivity index (χ1) is 6.63. The fourth-order valence-electron chi connectivity index (χ4n) is 1.71. The Morgan fingerprint density at radius 1 is 1.57 bits per heavy atom. The lowest BCUT2D eigenvalue weighted by molar-refractivity contribution is 0.104. The van der Waals surface area contributed by atoms with E-state index in [0.717, 1.165) is 32.6 Å². The van der Waals surface area contributed by atoms with Crippen LogP contribution in [0.2, 0.25) is 0 Å². The highest BCUT2D eigenvalue weighted by molar-refractivity contribution is 4.87. The number of hydrogen-bond donors (Lipinski definition) is 1. The van der Waals surface area contributed by atoms with Crippen LogP contribution in [0.3, 0.4) is 0 Å². The fourth-order valence-corrected chi connectivity index (χ4v) is 1.71. The van der Waals surface area contributed by atoms with Gasteiger partial charge in [-0.1, -0.05) is 0 Å². The number of rotatable bonds is 3. The molecule has 4 heteroatoms. The number of likely N-dealkylation sites (N-methyl/N-ethyl adjacent to an activating group) is 1. The summed E-state index contributed by atoms with van der Waals surface area (Å²) in [5, 5.41) is 8.56. The summed E-state index contributed by atoms with van der Waals surface area (Å²) in [6.45, 7) is 6.49. The maximum atomic E-state index is 8.56. The maximum Gasteiger partial charge on any atom is 0.0940 e. The molecule has 0 aromatic rings. The van der Waals surface area contributed by atoms with Crippen molar-refractivity contribution < 1.29 is 0 Å². The summed E-state index contributed by atoms with van der Waals surface area (Å²) in [5.41, 5.74) is 5.55. The highest BCUT2D eigenvalue weighted by Gasteiger charge is 2.20. The van der Waals surface area contributed by atoms with Crippen molar-refractivity contribution in [2.75, 3.05) is 33.2 Å². The summed E-state index contributed by atoms with van der Waals surface area (Å²) in [6, 6.07) is 2.38. The number of nitrogens with zero attached hydrogens (tertiary/aromatic N) is 3. The normalized spacial score (nSPS) is 27.1. The van der Waals surface area contributed by atoms with E-state index in [1.165, 1.54) is 0 Å². The molecule has 14 heavy (non-hydrogen) atoms. The van der Waals surface area contributed by atoms with E-state index in [9.17, 15) is 0 Å². The zero-order valence-electron chi connectivity index (χ0n) is 9.11. The van der Waals surface area contributed by atoms with Crippen LogP contribution in [0.15, 0.2) is 0 Å². The van der Waals surface area contributed by atoms with Crippen LogP contribution in [0.5, 0.6) is 0 Å². The smallest absolute Gasteiger partial charge is 0.0940 e. The van der Waals surface area contributed by atoms with E-state index in [1.807, 2.05) is 0 Å². The Morgan fingerprint density at radius 2 is 2.29 bits per heavy atom. The summed E-state index contributed by atoms with van der Waals surface area (Å²) in [5.74, 6) is 0. The molecule has 0 aromatic carbocycles. The summed E-state index contributed by atoms with van der Waals surface area (Å²) in [4.78, 5) is 4.75. The van der Waals surface area contributed by atoms with Gasteiger partial charge in [0, 0.05) is 32.2 Å². The molecule has 1 saturated heterocycles. The van der Waals surface area contributed by atoms with Crippen LogP contribution in [-0.2, 0) is 0 Å². The van der Waals surface area contributed by atoms with Crippen molar-refractivity contribution >= 4 is 0 Å². The van der Waals surface area contributed by atoms with Gasteiger partial charge < -0.3 is 15.5 Å². The second-order valence-electron chi connectivity index (χ2n) is 4.15. The van der Waals surface area contributed by atoms with Gasteiger partial charge in [-0.2, -0.15) is 5.26 Å². The molecule has 0 radical (unpaired) electrons. The molecule has 80 valence electrons. The average Bonchev–Trinajstić information content (AvgIpc) is 2.19. The molecular weight excluding hydrogens is 176 g/mol. The van der Waals surface area contributed by atoms with Crippen molar-refractivity contribution in [1.82, 2.24) is 9.80 Å². The Hall–Kier alpha value is -0.630. The van der Waals surface area contributed by atoms with Crippen molar-refractivity contribution in [1.29, 1.82) is 5.26 Å². The first-order valence-corrected chi connectivity index (χ1v) is 5.21. The van der Waals surface area contributed by atoms with Gasteiger partial charge in [-0.15, -0.1) is 0 Å². The topological polar surface area (TPSA) is 56.3 Å². The number of hydrogen-bond acceptors (Lipinski definition) is 4. The molecular formula is C10H20N4. The van der Waals surface area contributed by atoms with Crippen LogP contribution in [-0.4, -0.2) is 55.1 Å². The van der Waals surface area contributed by atoms with Crippen molar-refractivity contribution in [2.24, 2.45) is 5.73 Å². The predicted octanol–water partition coefficient (Wildman–Crippen LogP) is -0.137. The van der Waals surface area contributed by atoms with Crippen LogP contribution in [0.25, 0.3) is 0 Å². The molecule has 0 amide bonds. The molecule has 1 heterocycles. The number of piperazine rings is 1. The maximum absolute atomic E-state index is 8.56. The van der Waals surface area contributed by atoms with Crippen molar-refractivity contribution in [3.63, 3.8) is 0 Å². The van der Waals surface area contributed by atoms with Gasteiger partial charge in [-0.3, -0.25) is 0 Å². The molecule has 1 rings (SSSR count). The minimum atomic E-state index is -0.301. The van der Waals surface area contributed by atoms with Gasteiger partial charge in [-0.25, -0.2) is 0 Å². The lowest BCUT2D eigenvalue weighted by Gasteiger charge is -2.37. The Kier molecular flexibility index (Phi) is 4.33. The molecule has 2 N–H and O–H groups in total. The van der Waals surface area contributed by atoms with E-state index >= 15 is 0 Å². The first kappa shape index (κ1) is 11.4. The molecule has 0 spiro atoms. The molecule has 4 nitrogen and oxygen atoms in total. The average molecular weight is 196 g/mol. The van der Waals surface area contributed by atoms with E-state index in [2.05, 4.69) is 29.8 Å². The summed E-state index contributed by atoms with van der Waals surface area (Å²) in [6.07, 6.45) is 0.785. The van der Waals surface area contributed by atoms with Crippen LogP contribution < -0.4 is 5.73 Å². The third-order valence-corrected chi connectivity index (χ3v) is 2.97. The molecule has 1 aliphatic rings. The molecule has 1 aliphatic heterocycles. The van der Waals surface area contributed by atoms with Gasteiger partial charge in [0.15, 0.2) is 0 Å². The zero-order chi connectivity index (χ0) is 10.6. The predicted molar refractivity (Wildman–Crippen MR) is 56.7 cm³/mol. The Morgan fingerprint density at radius 3 is 2.86 bits per heavy atom. The molecule has 2 atom stereocenters. The molecule has 0 aliphatic carbocycles. The van der Waals surface area contributed by atoms with Crippen molar-refractivity contribution in [2.45, 2.75) is 25.4 Å². The fraction of sp³-hybridized carbons (Fsp3) is 0.900. The minimum absolute atomic E-state index is 0.301. The second kappa shape index (κ2) is 5.30. The van der Waals surface area contributed by atoms with Gasteiger partial charge in [0.2, 0.25) is 0 Å². The minimum Gasteiger partial charge on any atom is -0.316 e. The Labute approximate surface area is 86.3 Å². The monoisotopic (exact) mass is 196 g/mol. The van der Waals surface area contributed by atoms with E-state index < -0.39 is 0 Å². The van der Waals surface area contributed by atoms with Crippen LogP contribution in [0, 0.1) is 11.3 Å². The third-order valence-electron chi connectivity index (χ3n) is 2.97. The molecule has 0 aromatic heterocycles. The molecule has 0 saturated carbocycles. The van der Waals surface area contributed by atoms with E-state index in [-0.39, 0.29) is 6.04 Å². The quantitative estimate of drug-likeness (QED) is 0.683. The van der Waals surface area contributed by atoms with Crippen molar-refractivity contribution in [3.05, 3.63) is 0 Å². The Balaban J connectivity index is 2.24. The standard InChI is InChI=1S/C10H20N4/c1-9-8-14(6-5-13(9)2)4-3-10(12)7-11/h9-10H,3-6,8,12H2,1-2H3. The van der Waals surface area contributed by atoms with E-state index in [0.29, 0.717) is 6.04 Å². The zero-order valence-corrected chi connectivity index (χ0v) is 9.11. The van der Waals surface area contributed by atoms with Crippen LogP contribution in [0.1, 0.15) is 13.3 Å². The van der Waals surface area contributed by atoms with Gasteiger partial charge in [0.25, 0.3) is 0 Å².